The smallest absolute Gasteiger partial charge is 0.0638 e. The topological polar surface area (TPSA) is 9.23 Å². The molecule has 1 heteroatoms. The second kappa shape index (κ2) is 6.98. The molecule has 166 valence electrons. The number of hydrogen-bond donors (Lipinski definition) is 0. The second-order valence-electron chi connectivity index (χ2n) is 13.3. The van der Waals surface area contributed by atoms with Crippen molar-refractivity contribution in [3.8, 4) is 0 Å². The van der Waals surface area contributed by atoms with Crippen LogP contribution in [0.25, 0.3) is 0 Å². The molecule has 0 heterocycles. The Morgan fingerprint density at radius 1 is 0.931 bits per heavy atom. The van der Waals surface area contributed by atoms with E-state index >= 15 is 0 Å². The molecule has 5 fully saturated rings. The van der Waals surface area contributed by atoms with Crippen LogP contribution in [-0.2, 0) is 4.74 Å². The first-order valence-corrected chi connectivity index (χ1v) is 13.3. The van der Waals surface area contributed by atoms with Gasteiger partial charge in [-0.15, -0.1) is 0 Å². The van der Waals surface area contributed by atoms with E-state index in [1.807, 2.05) is 7.11 Å². The summed E-state index contributed by atoms with van der Waals surface area (Å²) in [4.78, 5) is 0. The van der Waals surface area contributed by atoms with Crippen LogP contribution in [0.15, 0.2) is 0 Å². The molecule has 0 bridgehead atoms. The van der Waals surface area contributed by atoms with E-state index in [0.717, 1.165) is 41.4 Å². The van der Waals surface area contributed by atoms with Crippen molar-refractivity contribution in [3.05, 3.63) is 0 Å². The molecule has 0 aromatic heterocycles. The lowest BCUT2D eigenvalue weighted by molar-refractivity contribution is -0.161. The van der Waals surface area contributed by atoms with Crippen molar-refractivity contribution in [1.82, 2.24) is 0 Å². The van der Waals surface area contributed by atoms with Gasteiger partial charge in [0.1, 0.15) is 0 Å². The van der Waals surface area contributed by atoms with Gasteiger partial charge in [0.15, 0.2) is 0 Å². The van der Waals surface area contributed by atoms with Crippen LogP contribution in [0.1, 0.15) is 105 Å². The van der Waals surface area contributed by atoms with Crippen LogP contribution in [0.4, 0.5) is 0 Å². The highest BCUT2D eigenvalue weighted by Crippen LogP contribution is 2.82. The lowest BCUT2D eigenvalue weighted by atomic mass is 9.45. The van der Waals surface area contributed by atoms with Gasteiger partial charge in [0.2, 0.25) is 0 Å². The van der Waals surface area contributed by atoms with Crippen LogP contribution in [0.3, 0.4) is 0 Å². The monoisotopic (exact) mass is 400 g/mol. The van der Waals surface area contributed by atoms with Gasteiger partial charge in [0, 0.05) is 12.5 Å². The number of methoxy groups -OCH3 is 1. The summed E-state index contributed by atoms with van der Waals surface area (Å²) >= 11 is 0. The summed E-state index contributed by atoms with van der Waals surface area (Å²) in [5.41, 5.74) is 1.78. The van der Waals surface area contributed by atoms with Crippen molar-refractivity contribution in [2.45, 2.75) is 111 Å². The Kier molecular flexibility index (Phi) is 5.02. The van der Waals surface area contributed by atoms with Gasteiger partial charge in [-0.3, -0.25) is 0 Å². The zero-order chi connectivity index (χ0) is 20.6. The van der Waals surface area contributed by atoms with Gasteiger partial charge in [0.05, 0.1) is 6.10 Å². The molecule has 0 unspecified atom stereocenters. The van der Waals surface area contributed by atoms with Crippen LogP contribution in [0, 0.1) is 57.7 Å². The summed E-state index contributed by atoms with van der Waals surface area (Å²) in [7, 11) is 2.03. The average Bonchev–Trinajstić information content (AvgIpc) is 3.18. The van der Waals surface area contributed by atoms with Crippen LogP contribution < -0.4 is 0 Å². The molecule has 5 aliphatic rings. The molecule has 5 rings (SSSR count). The third kappa shape index (κ3) is 2.74. The van der Waals surface area contributed by atoms with Crippen molar-refractivity contribution < 1.29 is 4.74 Å². The lowest BCUT2D eigenvalue weighted by Gasteiger charge is -2.61. The maximum Gasteiger partial charge on any atom is 0.0638 e. The Morgan fingerprint density at radius 3 is 2.41 bits per heavy atom. The third-order valence-electron chi connectivity index (χ3n) is 12.0. The highest BCUT2D eigenvalue weighted by atomic mass is 16.5. The van der Waals surface area contributed by atoms with Crippen molar-refractivity contribution in [1.29, 1.82) is 0 Å². The van der Waals surface area contributed by atoms with Gasteiger partial charge in [-0.25, -0.2) is 0 Å². The Hall–Kier alpha value is -0.0400. The molecule has 0 aliphatic heterocycles. The zero-order valence-corrected chi connectivity index (χ0v) is 20.3. The fraction of sp³-hybridized carbons (Fsp3) is 1.00. The molecule has 0 radical (unpaired) electrons. The van der Waals surface area contributed by atoms with E-state index < -0.39 is 0 Å². The molecule has 10 atom stereocenters. The highest BCUT2D eigenvalue weighted by molar-refractivity contribution is 5.26. The molecule has 29 heavy (non-hydrogen) atoms. The summed E-state index contributed by atoms with van der Waals surface area (Å²) in [6.45, 7) is 12.8. The first kappa shape index (κ1) is 20.8. The van der Waals surface area contributed by atoms with Gasteiger partial charge in [-0.05, 0) is 104 Å². The highest BCUT2D eigenvalue weighted by Gasteiger charge is 2.77. The Bertz CT molecular complexity index is 626. The molecule has 0 saturated heterocycles. The number of rotatable bonds is 6. The molecule has 0 aromatic carbocycles. The molecule has 1 spiro atoms. The summed E-state index contributed by atoms with van der Waals surface area (Å²) < 4.78 is 6.30. The second-order valence-corrected chi connectivity index (χ2v) is 13.3. The van der Waals surface area contributed by atoms with Crippen LogP contribution in [0.2, 0.25) is 0 Å². The van der Waals surface area contributed by atoms with Gasteiger partial charge >= 0.3 is 0 Å². The molecule has 5 aliphatic carbocycles. The van der Waals surface area contributed by atoms with Crippen LogP contribution in [-0.4, -0.2) is 13.2 Å². The van der Waals surface area contributed by atoms with Gasteiger partial charge in [-0.1, -0.05) is 53.9 Å². The summed E-state index contributed by atoms with van der Waals surface area (Å²) in [5, 5.41) is 0. The van der Waals surface area contributed by atoms with E-state index in [-0.39, 0.29) is 0 Å². The average molecular weight is 401 g/mol. The Balaban J connectivity index is 1.35. The summed E-state index contributed by atoms with van der Waals surface area (Å²) in [6.07, 6.45) is 16.8. The van der Waals surface area contributed by atoms with Crippen LogP contribution >= 0.6 is 0 Å². The van der Waals surface area contributed by atoms with Crippen LogP contribution in [0.5, 0.6) is 0 Å². The van der Waals surface area contributed by atoms with Crippen molar-refractivity contribution >= 4 is 0 Å². The summed E-state index contributed by atoms with van der Waals surface area (Å²) in [5.74, 6) is 6.68. The van der Waals surface area contributed by atoms with E-state index in [9.17, 15) is 0 Å². The van der Waals surface area contributed by atoms with Crippen molar-refractivity contribution in [3.63, 3.8) is 0 Å². The summed E-state index contributed by atoms with van der Waals surface area (Å²) in [6, 6.07) is 0. The normalized spacial score (nSPS) is 53.9. The minimum Gasteiger partial charge on any atom is -0.381 e. The zero-order valence-electron chi connectivity index (χ0n) is 20.3. The first-order chi connectivity index (χ1) is 13.8. The molecule has 0 N–H and O–H groups in total. The third-order valence-corrected chi connectivity index (χ3v) is 12.0. The van der Waals surface area contributed by atoms with Gasteiger partial charge in [0.25, 0.3) is 0 Å². The molecule has 1 nitrogen and oxygen atoms in total. The maximum absolute atomic E-state index is 6.30. The lowest BCUT2D eigenvalue weighted by Crippen LogP contribution is -2.57. The van der Waals surface area contributed by atoms with E-state index in [1.54, 1.807) is 0 Å². The number of ether oxygens (including phenoxy) is 1. The predicted octanol–water partition coefficient (Wildman–Crippen LogP) is 7.73. The molecule has 5 saturated carbocycles. The van der Waals surface area contributed by atoms with E-state index in [1.165, 1.54) is 70.6 Å². The minimum absolute atomic E-state index is 0.561. The number of fused-ring (bicyclic) bond motifs is 4. The number of hydrogen-bond acceptors (Lipinski definition) is 1. The Morgan fingerprint density at radius 2 is 1.72 bits per heavy atom. The standard InChI is InChI=1S/C28H48O/c1-18(2)8-7-9-19(3)22-10-11-23-21-16-25(29-6)28-17-20(28)12-15-27(28,5)24(21)13-14-26(22,23)4/h18-25H,7-17H2,1-6H3/t19-,20-,21-,22-,23+,24+,25-,26+,27+,28-/m1/s1. The molecule has 0 aromatic rings. The largest absolute Gasteiger partial charge is 0.381 e. The van der Waals surface area contributed by atoms with Gasteiger partial charge in [-0.2, -0.15) is 0 Å². The molecule has 0 amide bonds. The quantitative estimate of drug-likeness (QED) is 0.443. The predicted molar refractivity (Wildman–Crippen MR) is 122 cm³/mol. The van der Waals surface area contributed by atoms with Crippen molar-refractivity contribution in [2.24, 2.45) is 57.7 Å². The SMILES string of the molecule is CO[C@@H]1C[C@@H]2[C@@H]3CC[C@H]([C@H](C)CCCC(C)C)[C@]3(C)CC[C@@H]2[C@]2(C)CC[C@@H]3C[C@@]312. The Labute approximate surface area is 181 Å². The fourth-order valence-electron chi connectivity index (χ4n) is 10.6. The first-order valence-electron chi connectivity index (χ1n) is 13.3. The van der Waals surface area contributed by atoms with Crippen molar-refractivity contribution in [2.75, 3.05) is 7.11 Å². The minimum atomic E-state index is 0.561. The molecular formula is C28H48O. The van der Waals surface area contributed by atoms with E-state index in [4.69, 9.17) is 4.74 Å². The van der Waals surface area contributed by atoms with E-state index in [0.29, 0.717) is 22.3 Å². The molecular weight excluding hydrogens is 352 g/mol. The van der Waals surface area contributed by atoms with E-state index in [2.05, 4.69) is 34.6 Å². The fourth-order valence-corrected chi connectivity index (χ4v) is 10.6. The van der Waals surface area contributed by atoms with Gasteiger partial charge < -0.3 is 4.74 Å². The maximum atomic E-state index is 6.30.